The summed E-state index contributed by atoms with van der Waals surface area (Å²) in [6, 6.07) is 0. The standard InChI is InChI=1S/C7H16O5/c1-2-3-11-12-7(4-8,5-9)6-10/h8-10H,2-6H2,1H3. The Morgan fingerprint density at radius 2 is 1.58 bits per heavy atom. The summed E-state index contributed by atoms with van der Waals surface area (Å²) in [5.74, 6) is 0. The van der Waals surface area contributed by atoms with Crippen LogP contribution >= 0.6 is 0 Å². The van der Waals surface area contributed by atoms with Crippen molar-refractivity contribution in [1.29, 1.82) is 0 Å². The highest BCUT2D eigenvalue weighted by molar-refractivity contribution is 4.75. The van der Waals surface area contributed by atoms with E-state index in [1.165, 1.54) is 0 Å². The van der Waals surface area contributed by atoms with Crippen molar-refractivity contribution in [3.8, 4) is 0 Å². The average Bonchev–Trinajstić information content (AvgIpc) is 2.14. The van der Waals surface area contributed by atoms with E-state index in [4.69, 9.17) is 15.3 Å². The van der Waals surface area contributed by atoms with Crippen molar-refractivity contribution >= 4 is 0 Å². The van der Waals surface area contributed by atoms with Gasteiger partial charge in [-0.2, -0.15) is 0 Å². The summed E-state index contributed by atoms with van der Waals surface area (Å²) < 4.78 is 0. The van der Waals surface area contributed by atoms with Crippen LogP contribution in [0.1, 0.15) is 13.3 Å². The molecule has 0 aromatic rings. The van der Waals surface area contributed by atoms with Gasteiger partial charge in [-0.3, -0.25) is 0 Å². The summed E-state index contributed by atoms with van der Waals surface area (Å²) in [7, 11) is 0. The normalized spacial score (nSPS) is 12.0. The first-order valence-electron chi connectivity index (χ1n) is 3.88. The Morgan fingerprint density at radius 1 is 1.08 bits per heavy atom. The fraction of sp³-hybridized carbons (Fsp3) is 1.00. The van der Waals surface area contributed by atoms with Gasteiger partial charge >= 0.3 is 0 Å². The largest absolute Gasteiger partial charge is 0.393 e. The zero-order chi connectivity index (χ0) is 9.45. The van der Waals surface area contributed by atoms with Gasteiger partial charge < -0.3 is 15.3 Å². The highest BCUT2D eigenvalue weighted by Crippen LogP contribution is 2.09. The van der Waals surface area contributed by atoms with E-state index in [0.29, 0.717) is 6.61 Å². The minimum Gasteiger partial charge on any atom is -0.393 e. The molecule has 0 unspecified atom stereocenters. The SMILES string of the molecule is CCCOOC(CO)(CO)CO. The third kappa shape index (κ3) is 3.46. The molecule has 0 fully saturated rings. The molecule has 5 nitrogen and oxygen atoms in total. The molecule has 0 aliphatic carbocycles. The maximum Gasteiger partial charge on any atom is 0.172 e. The van der Waals surface area contributed by atoms with Crippen LogP contribution in [0.3, 0.4) is 0 Å². The third-order valence-corrected chi connectivity index (χ3v) is 1.39. The first-order valence-corrected chi connectivity index (χ1v) is 3.88. The zero-order valence-electron chi connectivity index (χ0n) is 7.19. The first-order chi connectivity index (χ1) is 5.74. The Labute approximate surface area is 71.5 Å². The van der Waals surface area contributed by atoms with Crippen LogP contribution in [-0.2, 0) is 9.78 Å². The van der Waals surface area contributed by atoms with Crippen LogP contribution in [0.15, 0.2) is 0 Å². The lowest BCUT2D eigenvalue weighted by molar-refractivity contribution is -0.378. The second kappa shape index (κ2) is 6.33. The molecule has 0 aromatic carbocycles. The van der Waals surface area contributed by atoms with Gasteiger partial charge in [-0.1, -0.05) is 6.92 Å². The second-order valence-corrected chi connectivity index (χ2v) is 2.56. The Morgan fingerprint density at radius 3 is 1.92 bits per heavy atom. The highest BCUT2D eigenvalue weighted by Gasteiger charge is 2.30. The zero-order valence-corrected chi connectivity index (χ0v) is 7.19. The van der Waals surface area contributed by atoms with E-state index in [-0.39, 0.29) is 0 Å². The van der Waals surface area contributed by atoms with E-state index in [1.807, 2.05) is 6.92 Å². The van der Waals surface area contributed by atoms with Crippen LogP contribution in [-0.4, -0.2) is 47.3 Å². The van der Waals surface area contributed by atoms with Gasteiger partial charge in [-0.05, 0) is 6.42 Å². The lowest BCUT2D eigenvalue weighted by atomic mass is 10.1. The molecule has 0 aliphatic rings. The lowest BCUT2D eigenvalue weighted by Gasteiger charge is -2.25. The van der Waals surface area contributed by atoms with Crippen molar-refractivity contribution in [3.05, 3.63) is 0 Å². The molecular weight excluding hydrogens is 164 g/mol. The Hall–Kier alpha value is -0.200. The van der Waals surface area contributed by atoms with E-state index in [1.54, 1.807) is 0 Å². The first kappa shape index (κ1) is 11.8. The predicted octanol–water partition coefficient (Wildman–Crippen LogP) is -0.940. The van der Waals surface area contributed by atoms with Crippen LogP contribution in [0.4, 0.5) is 0 Å². The smallest absolute Gasteiger partial charge is 0.172 e. The molecule has 0 bridgehead atoms. The average molecular weight is 180 g/mol. The second-order valence-electron chi connectivity index (χ2n) is 2.56. The molecule has 0 radical (unpaired) electrons. The minimum atomic E-state index is -1.38. The Balaban J connectivity index is 3.76. The summed E-state index contributed by atoms with van der Waals surface area (Å²) in [5.41, 5.74) is -1.38. The fourth-order valence-electron chi connectivity index (χ4n) is 0.479. The molecule has 0 saturated carbocycles. The van der Waals surface area contributed by atoms with E-state index < -0.39 is 25.4 Å². The van der Waals surface area contributed by atoms with Crippen LogP contribution in [0, 0.1) is 0 Å². The van der Waals surface area contributed by atoms with Crippen molar-refractivity contribution < 1.29 is 25.1 Å². The minimum absolute atomic E-state index is 0.363. The summed E-state index contributed by atoms with van der Waals surface area (Å²) >= 11 is 0. The third-order valence-electron chi connectivity index (χ3n) is 1.39. The Bertz CT molecular complexity index is 93.7. The monoisotopic (exact) mass is 180 g/mol. The van der Waals surface area contributed by atoms with Gasteiger partial charge in [0.2, 0.25) is 0 Å². The molecule has 0 saturated heterocycles. The van der Waals surface area contributed by atoms with Crippen molar-refractivity contribution in [2.75, 3.05) is 26.4 Å². The van der Waals surface area contributed by atoms with Gasteiger partial charge in [-0.25, -0.2) is 9.78 Å². The maximum atomic E-state index is 8.75. The number of aliphatic hydroxyl groups is 3. The van der Waals surface area contributed by atoms with Crippen molar-refractivity contribution in [2.45, 2.75) is 18.9 Å². The quantitative estimate of drug-likeness (QED) is 0.268. The molecule has 5 heteroatoms. The van der Waals surface area contributed by atoms with Crippen molar-refractivity contribution in [2.24, 2.45) is 0 Å². The van der Waals surface area contributed by atoms with Crippen molar-refractivity contribution in [3.63, 3.8) is 0 Å². The van der Waals surface area contributed by atoms with E-state index in [9.17, 15) is 0 Å². The summed E-state index contributed by atoms with van der Waals surface area (Å²) in [4.78, 5) is 9.31. The van der Waals surface area contributed by atoms with E-state index in [2.05, 4.69) is 9.78 Å². The Kier molecular flexibility index (Phi) is 6.23. The molecule has 0 atom stereocenters. The number of hydrogen-bond acceptors (Lipinski definition) is 5. The van der Waals surface area contributed by atoms with Gasteiger partial charge in [0.05, 0.1) is 26.4 Å². The van der Waals surface area contributed by atoms with Crippen LogP contribution < -0.4 is 0 Å². The molecule has 0 aromatic heterocycles. The molecule has 0 heterocycles. The highest BCUT2D eigenvalue weighted by atomic mass is 17.2. The van der Waals surface area contributed by atoms with Gasteiger partial charge in [-0.15, -0.1) is 0 Å². The van der Waals surface area contributed by atoms with Gasteiger partial charge in [0.25, 0.3) is 0 Å². The maximum absolute atomic E-state index is 8.75. The lowest BCUT2D eigenvalue weighted by Crippen LogP contribution is -2.44. The molecule has 12 heavy (non-hydrogen) atoms. The molecule has 0 amide bonds. The van der Waals surface area contributed by atoms with Crippen LogP contribution in [0.25, 0.3) is 0 Å². The summed E-state index contributed by atoms with van der Waals surface area (Å²) in [6.45, 7) is 0.806. The van der Waals surface area contributed by atoms with E-state index in [0.717, 1.165) is 6.42 Å². The van der Waals surface area contributed by atoms with E-state index >= 15 is 0 Å². The molecule has 0 aliphatic heterocycles. The van der Waals surface area contributed by atoms with Crippen LogP contribution in [0.2, 0.25) is 0 Å². The van der Waals surface area contributed by atoms with Crippen LogP contribution in [0.5, 0.6) is 0 Å². The van der Waals surface area contributed by atoms with Gasteiger partial charge in [0.1, 0.15) is 0 Å². The van der Waals surface area contributed by atoms with Gasteiger partial charge in [0, 0.05) is 0 Å². The number of hydrogen-bond donors (Lipinski definition) is 3. The summed E-state index contributed by atoms with van der Waals surface area (Å²) in [5, 5.41) is 26.3. The summed E-state index contributed by atoms with van der Waals surface area (Å²) in [6.07, 6.45) is 0.762. The molecule has 3 N–H and O–H groups in total. The molecule has 0 rings (SSSR count). The number of rotatable bonds is 7. The molecule has 0 spiro atoms. The molecule has 74 valence electrons. The molecular formula is C7H16O5. The fourth-order valence-corrected chi connectivity index (χ4v) is 0.479. The predicted molar refractivity (Wildman–Crippen MR) is 41.3 cm³/mol. The number of aliphatic hydroxyl groups excluding tert-OH is 3. The topological polar surface area (TPSA) is 79.2 Å². The van der Waals surface area contributed by atoms with Gasteiger partial charge in [0.15, 0.2) is 5.60 Å². The van der Waals surface area contributed by atoms with Crippen molar-refractivity contribution in [1.82, 2.24) is 0 Å².